The van der Waals surface area contributed by atoms with Crippen molar-refractivity contribution in [2.24, 2.45) is 0 Å². The number of aromatic nitrogens is 4. The van der Waals surface area contributed by atoms with Gasteiger partial charge in [-0.2, -0.15) is 9.67 Å². The molecule has 9 nitrogen and oxygen atoms in total. The molecule has 0 aliphatic carbocycles. The van der Waals surface area contributed by atoms with E-state index in [0.29, 0.717) is 12.1 Å². The molecule has 0 spiro atoms. The monoisotopic (exact) mass is 400 g/mol. The average Bonchev–Trinajstić information content (AvgIpc) is 3.23. The number of nitrogens with zero attached hydrogens (tertiary/aromatic N) is 5. The van der Waals surface area contributed by atoms with E-state index in [1.807, 2.05) is 30.3 Å². The van der Waals surface area contributed by atoms with E-state index < -0.39 is 10.8 Å². The number of nitro groups is 1. The summed E-state index contributed by atoms with van der Waals surface area (Å²) in [6, 6.07) is 18.8. The number of pyridine rings is 1. The molecule has 0 saturated heterocycles. The molecule has 0 radical (unpaired) electrons. The van der Waals surface area contributed by atoms with E-state index in [0.717, 1.165) is 10.2 Å². The van der Waals surface area contributed by atoms with Crippen molar-refractivity contribution in [2.75, 3.05) is 5.32 Å². The van der Waals surface area contributed by atoms with E-state index in [2.05, 4.69) is 20.4 Å². The van der Waals surface area contributed by atoms with Gasteiger partial charge in [-0.15, -0.1) is 5.10 Å². The molecule has 0 unspecified atom stereocenters. The molecule has 9 heteroatoms. The standard InChI is InChI=1S/C21H16N6O3/c28-20(17-10-4-5-11-18(17)27(29)30)26-21(23-13-15-7-2-1-3-8-15)24-19(25-26)16-9-6-12-22-14-16/h1-12,14H,13H2,(H,23,24,25). The molecule has 0 fully saturated rings. The number of nitro benzene ring substituents is 1. The second-order valence-corrected chi connectivity index (χ2v) is 6.33. The fraction of sp³-hybridized carbons (Fsp3) is 0.0476. The number of rotatable bonds is 6. The van der Waals surface area contributed by atoms with Crippen molar-refractivity contribution >= 4 is 17.5 Å². The number of anilines is 1. The van der Waals surface area contributed by atoms with E-state index in [1.165, 1.54) is 18.2 Å². The second-order valence-electron chi connectivity index (χ2n) is 6.33. The molecule has 148 valence electrons. The highest BCUT2D eigenvalue weighted by atomic mass is 16.6. The Hall–Kier alpha value is -4.40. The van der Waals surface area contributed by atoms with Crippen LogP contribution in [0.25, 0.3) is 11.4 Å². The van der Waals surface area contributed by atoms with Crippen molar-refractivity contribution < 1.29 is 9.72 Å². The van der Waals surface area contributed by atoms with Crippen LogP contribution in [0.5, 0.6) is 0 Å². The first-order chi connectivity index (χ1) is 14.6. The predicted octanol–water partition coefficient (Wildman–Crippen LogP) is 3.55. The van der Waals surface area contributed by atoms with Crippen LogP contribution in [0.4, 0.5) is 11.6 Å². The number of benzene rings is 2. The van der Waals surface area contributed by atoms with Gasteiger partial charge in [0.1, 0.15) is 5.56 Å². The van der Waals surface area contributed by atoms with Crippen LogP contribution in [0.2, 0.25) is 0 Å². The fourth-order valence-electron chi connectivity index (χ4n) is 2.89. The molecule has 30 heavy (non-hydrogen) atoms. The highest BCUT2D eigenvalue weighted by molar-refractivity contribution is 6.00. The van der Waals surface area contributed by atoms with Gasteiger partial charge in [0.15, 0.2) is 5.82 Å². The summed E-state index contributed by atoms with van der Waals surface area (Å²) in [4.78, 5) is 32.4. The molecular formula is C21H16N6O3. The average molecular weight is 400 g/mol. The molecule has 1 N–H and O–H groups in total. The minimum Gasteiger partial charge on any atom is -0.350 e. The molecule has 0 atom stereocenters. The van der Waals surface area contributed by atoms with E-state index in [-0.39, 0.29) is 23.0 Å². The quantitative estimate of drug-likeness (QED) is 0.389. The van der Waals surface area contributed by atoms with Crippen LogP contribution < -0.4 is 5.32 Å². The van der Waals surface area contributed by atoms with Crippen molar-refractivity contribution in [1.82, 2.24) is 19.7 Å². The van der Waals surface area contributed by atoms with Gasteiger partial charge in [0.25, 0.3) is 11.6 Å². The third-order valence-corrected chi connectivity index (χ3v) is 4.34. The first-order valence-corrected chi connectivity index (χ1v) is 9.07. The molecule has 0 aliphatic rings. The summed E-state index contributed by atoms with van der Waals surface area (Å²) in [5.74, 6) is -0.188. The highest BCUT2D eigenvalue weighted by Gasteiger charge is 2.25. The molecule has 2 aromatic heterocycles. The molecule has 0 aliphatic heterocycles. The van der Waals surface area contributed by atoms with Gasteiger partial charge in [-0.3, -0.25) is 19.9 Å². The number of carbonyl (C=O) groups is 1. The first kappa shape index (κ1) is 18.9. The van der Waals surface area contributed by atoms with Gasteiger partial charge in [0.05, 0.1) is 4.92 Å². The van der Waals surface area contributed by atoms with E-state index in [4.69, 9.17) is 0 Å². The number of carbonyl (C=O) groups excluding carboxylic acids is 1. The molecule has 0 bridgehead atoms. The SMILES string of the molecule is O=C(c1ccccc1[N+](=O)[O-])n1nc(-c2cccnc2)nc1NCc1ccccc1. The number of hydrogen-bond donors (Lipinski definition) is 1. The molecule has 2 heterocycles. The predicted molar refractivity (Wildman–Crippen MR) is 110 cm³/mol. The Morgan fingerprint density at radius 2 is 1.80 bits per heavy atom. The maximum absolute atomic E-state index is 13.1. The van der Waals surface area contributed by atoms with Gasteiger partial charge in [0, 0.05) is 30.6 Å². The zero-order valence-corrected chi connectivity index (χ0v) is 15.7. The summed E-state index contributed by atoms with van der Waals surface area (Å²) in [6.07, 6.45) is 3.20. The molecular weight excluding hydrogens is 384 g/mol. The van der Waals surface area contributed by atoms with Gasteiger partial charge < -0.3 is 5.32 Å². The van der Waals surface area contributed by atoms with Crippen LogP contribution in [0.3, 0.4) is 0 Å². The normalized spacial score (nSPS) is 10.5. The summed E-state index contributed by atoms with van der Waals surface area (Å²) in [5.41, 5.74) is 1.23. The van der Waals surface area contributed by atoms with Crippen molar-refractivity contribution in [2.45, 2.75) is 6.54 Å². The second kappa shape index (κ2) is 8.31. The Labute approximate surface area is 171 Å². The third kappa shape index (κ3) is 3.90. The van der Waals surface area contributed by atoms with Crippen molar-refractivity contribution in [1.29, 1.82) is 0 Å². The van der Waals surface area contributed by atoms with Gasteiger partial charge in [-0.25, -0.2) is 0 Å². The van der Waals surface area contributed by atoms with Gasteiger partial charge in [-0.1, -0.05) is 42.5 Å². The molecule has 2 aromatic carbocycles. The maximum atomic E-state index is 13.1. The lowest BCUT2D eigenvalue weighted by Gasteiger charge is -2.07. The molecule has 4 rings (SSSR count). The zero-order valence-electron chi connectivity index (χ0n) is 15.7. The number of hydrogen-bond acceptors (Lipinski definition) is 7. The number of nitrogens with one attached hydrogen (secondary N) is 1. The summed E-state index contributed by atoms with van der Waals surface area (Å²) in [7, 11) is 0. The Morgan fingerprint density at radius 3 is 2.53 bits per heavy atom. The third-order valence-electron chi connectivity index (χ3n) is 4.34. The lowest BCUT2D eigenvalue weighted by Crippen LogP contribution is -2.18. The van der Waals surface area contributed by atoms with Gasteiger partial charge in [0.2, 0.25) is 5.95 Å². The fourth-order valence-corrected chi connectivity index (χ4v) is 2.89. The minimum absolute atomic E-state index is 0.0760. The van der Waals surface area contributed by atoms with Crippen LogP contribution in [0.1, 0.15) is 15.9 Å². The van der Waals surface area contributed by atoms with E-state index >= 15 is 0 Å². The lowest BCUT2D eigenvalue weighted by molar-refractivity contribution is -0.385. The van der Waals surface area contributed by atoms with Crippen LogP contribution in [-0.4, -0.2) is 30.6 Å². The summed E-state index contributed by atoms with van der Waals surface area (Å²) in [6.45, 7) is 0.399. The molecule has 0 amide bonds. The lowest BCUT2D eigenvalue weighted by atomic mass is 10.1. The Kier molecular flexibility index (Phi) is 5.25. The van der Waals surface area contributed by atoms with Crippen LogP contribution in [0, 0.1) is 10.1 Å². The van der Waals surface area contributed by atoms with Crippen molar-refractivity contribution in [3.8, 4) is 11.4 Å². The number of para-hydroxylation sites is 1. The maximum Gasteiger partial charge on any atom is 0.288 e. The smallest absolute Gasteiger partial charge is 0.288 e. The van der Waals surface area contributed by atoms with Crippen LogP contribution in [-0.2, 0) is 6.54 Å². The van der Waals surface area contributed by atoms with Crippen LogP contribution >= 0.6 is 0 Å². The summed E-state index contributed by atoms with van der Waals surface area (Å²) in [5, 5.41) is 18.8. The highest BCUT2D eigenvalue weighted by Crippen LogP contribution is 2.23. The van der Waals surface area contributed by atoms with Crippen molar-refractivity contribution in [3.63, 3.8) is 0 Å². The largest absolute Gasteiger partial charge is 0.350 e. The Bertz CT molecular complexity index is 1190. The summed E-state index contributed by atoms with van der Waals surface area (Å²) < 4.78 is 1.05. The van der Waals surface area contributed by atoms with E-state index in [9.17, 15) is 14.9 Å². The first-order valence-electron chi connectivity index (χ1n) is 9.07. The zero-order chi connectivity index (χ0) is 20.9. The Morgan fingerprint density at radius 1 is 1.03 bits per heavy atom. The van der Waals surface area contributed by atoms with Gasteiger partial charge >= 0.3 is 0 Å². The minimum atomic E-state index is -0.652. The van der Waals surface area contributed by atoms with Gasteiger partial charge in [-0.05, 0) is 23.8 Å². The Balaban J connectivity index is 1.74. The van der Waals surface area contributed by atoms with Crippen LogP contribution in [0.15, 0.2) is 79.1 Å². The van der Waals surface area contributed by atoms with Crippen molar-refractivity contribution in [3.05, 3.63) is 100 Å². The van der Waals surface area contributed by atoms with E-state index in [1.54, 1.807) is 30.6 Å². The summed E-state index contributed by atoms with van der Waals surface area (Å²) >= 11 is 0. The topological polar surface area (TPSA) is 116 Å². The molecule has 4 aromatic rings. The molecule has 0 saturated carbocycles.